The maximum atomic E-state index is 12.6. The predicted molar refractivity (Wildman–Crippen MR) is 48.5 cm³/mol. The van der Waals surface area contributed by atoms with Gasteiger partial charge in [-0.05, 0) is 0 Å². The van der Waals surface area contributed by atoms with Crippen LogP contribution in [0.3, 0.4) is 0 Å². The molecule has 0 aromatic heterocycles. The number of carboxylic acid groups (broad SMARTS) is 1. The van der Waals surface area contributed by atoms with Crippen molar-refractivity contribution < 1.29 is 18.7 Å². The number of carboxylic acids is 1. The molecule has 0 saturated heterocycles. The summed E-state index contributed by atoms with van der Waals surface area (Å²) in [4.78, 5) is 8.26. The largest absolute Gasteiger partial charge is 0.480 e. The minimum Gasteiger partial charge on any atom is -0.480 e. The fraction of sp³-hybridized carbons (Fsp3) is 0.800. The second-order valence-corrected chi connectivity index (χ2v) is 4.38. The Hall–Kier alpha value is 0.220. The molecule has 1 atom stereocenters. The van der Waals surface area contributed by atoms with E-state index in [2.05, 4.69) is 0 Å². The van der Waals surface area contributed by atoms with Crippen molar-refractivity contribution in [1.29, 1.82) is 0 Å². The lowest BCUT2D eigenvalue weighted by atomic mass is 10.4. The van der Waals surface area contributed by atoms with Gasteiger partial charge in [0.05, 0.1) is 0 Å². The highest BCUT2D eigenvalue weighted by molar-refractivity contribution is 8.00. The number of halogens is 4. The van der Waals surface area contributed by atoms with Crippen LogP contribution < -0.4 is 5.73 Å². The molecule has 0 amide bonds. The zero-order valence-corrected chi connectivity index (χ0v) is 8.54. The maximum Gasteiger partial charge on any atom is 0.323 e. The van der Waals surface area contributed by atoms with Crippen LogP contribution in [0.15, 0.2) is 0 Å². The molecule has 0 spiro atoms. The Bertz CT molecular complexity index is 193. The summed E-state index contributed by atoms with van der Waals surface area (Å²) in [5.41, 5.74) is 4.98. The quantitative estimate of drug-likeness (QED) is 0.730. The Labute approximate surface area is 87.6 Å². The highest BCUT2D eigenvalue weighted by Crippen LogP contribution is 2.37. The minimum atomic E-state index is -3.38. The first kappa shape index (κ1) is 13.2. The lowest BCUT2D eigenvalue weighted by Gasteiger charge is -2.17. The lowest BCUT2D eigenvalue weighted by molar-refractivity contribution is -0.137. The van der Waals surface area contributed by atoms with E-state index in [4.69, 9.17) is 34.0 Å². The van der Waals surface area contributed by atoms with Gasteiger partial charge in [-0.25, -0.2) is 0 Å². The molecule has 0 aliphatic carbocycles. The van der Waals surface area contributed by atoms with Crippen LogP contribution in [-0.4, -0.2) is 33.0 Å². The monoisotopic (exact) mass is 253 g/mol. The van der Waals surface area contributed by atoms with E-state index in [0.717, 1.165) is 0 Å². The normalized spacial score (nSPS) is 14.6. The van der Waals surface area contributed by atoms with Crippen LogP contribution in [0.2, 0.25) is 0 Å². The second kappa shape index (κ2) is 5.19. The SMILES string of the molecule is N[C@@H](CSC(F)(F)C(Cl)Cl)C(=O)O. The van der Waals surface area contributed by atoms with Gasteiger partial charge in [0.1, 0.15) is 6.04 Å². The van der Waals surface area contributed by atoms with Gasteiger partial charge in [-0.15, -0.1) is 0 Å². The molecule has 0 heterocycles. The summed E-state index contributed by atoms with van der Waals surface area (Å²) in [7, 11) is 0. The minimum absolute atomic E-state index is 0.0202. The highest BCUT2D eigenvalue weighted by Gasteiger charge is 2.38. The Morgan fingerprint density at radius 2 is 2.08 bits per heavy atom. The molecular weight excluding hydrogens is 247 g/mol. The Morgan fingerprint density at radius 1 is 1.62 bits per heavy atom. The summed E-state index contributed by atoms with van der Waals surface area (Å²) in [5, 5.41) is 4.89. The molecular formula is C5H7Cl2F2NO2S. The van der Waals surface area contributed by atoms with Gasteiger partial charge in [0.25, 0.3) is 0 Å². The first-order chi connectivity index (χ1) is 5.77. The van der Waals surface area contributed by atoms with Crippen molar-refractivity contribution in [3.63, 3.8) is 0 Å². The van der Waals surface area contributed by atoms with Crippen molar-refractivity contribution >= 4 is 40.9 Å². The van der Waals surface area contributed by atoms with E-state index in [9.17, 15) is 13.6 Å². The van der Waals surface area contributed by atoms with E-state index in [1.807, 2.05) is 0 Å². The van der Waals surface area contributed by atoms with Gasteiger partial charge in [-0.1, -0.05) is 35.0 Å². The molecule has 3 N–H and O–H groups in total. The number of thioether (sulfide) groups is 1. The van der Waals surface area contributed by atoms with Gasteiger partial charge >= 0.3 is 11.2 Å². The third-order valence-electron chi connectivity index (χ3n) is 1.03. The third kappa shape index (κ3) is 4.85. The average Bonchev–Trinajstić information content (AvgIpc) is 1.99. The van der Waals surface area contributed by atoms with Crippen molar-refractivity contribution in [2.24, 2.45) is 5.73 Å². The number of carbonyl (C=O) groups is 1. The molecule has 0 aromatic rings. The molecule has 0 fully saturated rings. The number of hydrogen-bond donors (Lipinski definition) is 2. The van der Waals surface area contributed by atoms with Gasteiger partial charge in [0.15, 0.2) is 4.84 Å². The van der Waals surface area contributed by atoms with E-state index in [-0.39, 0.29) is 11.8 Å². The van der Waals surface area contributed by atoms with Crippen LogP contribution in [0.5, 0.6) is 0 Å². The summed E-state index contributed by atoms with van der Waals surface area (Å²) in [6.07, 6.45) is 0. The van der Waals surface area contributed by atoms with Crippen molar-refractivity contribution in [2.75, 3.05) is 5.75 Å². The number of hydrogen-bond acceptors (Lipinski definition) is 3. The van der Waals surface area contributed by atoms with Crippen LogP contribution in [0, 0.1) is 0 Å². The summed E-state index contributed by atoms with van der Waals surface area (Å²) in [6, 6.07) is -1.34. The van der Waals surface area contributed by atoms with Crippen LogP contribution in [0.1, 0.15) is 0 Å². The molecule has 13 heavy (non-hydrogen) atoms. The number of rotatable bonds is 5. The molecule has 0 bridgehead atoms. The van der Waals surface area contributed by atoms with E-state index in [1.165, 1.54) is 0 Å². The van der Waals surface area contributed by atoms with Gasteiger partial charge < -0.3 is 10.8 Å². The van der Waals surface area contributed by atoms with Crippen LogP contribution in [-0.2, 0) is 4.79 Å². The maximum absolute atomic E-state index is 12.6. The molecule has 0 unspecified atom stereocenters. The molecule has 0 radical (unpaired) electrons. The van der Waals surface area contributed by atoms with E-state index >= 15 is 0 Å². The first-order valence-corrected chi connectivity index (χ1v) is 4.91. The molecule has 0 rings (SSSR count). The molecule has 8 heteroatoms. The summed E-state index contributed by atoms with van der Waals surface area (Å²) >= 11 is 9.90. The highest BCUT2D eigenvalue weighted by atomic mass is 35.5. The summed E-state index contributed by atoms with van der Waals surface area (Å²) in [5.74, 6) is -1.79. The average molecular weight is 254 g/mol. The predicted octanol–water partition coefficient (Wildman–Crippen LogP) is 1.53. The molecule has 78 valence electrons. The van der Waals surface area contributed by atoms with Gasteiger partial charge in [-0.2, -0.15) is 8.78 Å². The molecule has 0 aromatic carbocycles. The second-order valence-electron chi connectivity index (χ2n) is 2.12. The van der Waals surface area contributed by atoms with Gasteiger partial charge in [0, 0.05) is 5.75 Å². The van der Waals surface area contributed by atoms with Crippen molar-refractivity contribution in [1.82, 2.24) is 0 Å². The number of aliphatic carboxylic acids is 1. The molecule has 0 saturated carbocycles. The van der Waals surface area contributed by atoms with E-state index < -0.39 is 27.9 Å². The summed E-state index contributed by atoms with van der Waals surface area (Å²) < 4.78 is 25.2. The lowest BCUT2D eigenvalue weighted by Crippen LogP contribution is -2.35. The smallest absolute Gasteiger partial charge is 0.323 e. The standard InChI is InChI=1S/C5H7Cl2F2NO2S/c6-4(7)5(8,9)13-1-2(10)3(11)12/h2,4H,1,10H2,(H,11,12)/t2-/m0/s1. The Balaban J connectivity index is 3.95. The molecule has 3 nitrogen and oxygen atoms in total. The number of nitrogens with two attached hydrogens (primary N) is 1. The summed E-state index contributed by atoms with van der Waals surface area (Å²) in [6.45, 7) is 0. The fourth-order valence-corrected chi connectivity index (χ4v) is 1.38. The Kier molecular flexibility index (Phi) is 5.28. The zero-order chi connectivity index (χ0) is 10.6. The van der Waals surface area contributed by atoms with Crippen LogP contribution >= 0.6 is 35.0 Å². The molecule has 0 aliphatic heterocycles. The Morgan fingerprint density at radius 3 is 2.38 bits per heavy atom. The van der Waals surface area contributed by atoms with Gasteiger partial charge in [-0.3, -0.25) is 4.79 Å². The zero-order valence-electron chi connectivity index (χ0n) is 6.21. The third-order valence-corrected chi connectivity index (χ3v) is 2.98. The van der Waals surface area contributed by atoms with Crippen LogP contribution in [0.25, 0.3) is 0 Å². The van der Waals surface area contributed by atoms with Crippen molar-refractivity contribution in [2.45, 2.75) is 16.1 Å². The topological polar surface area (TPSA) is 63.3 Å². The van der Waals surface area contributed by atoms with Crippen molar-refractivity contribution in [3.05, 3.63) is 0 Å². The number of alkyl halides is 4. The van der Waals surface area contributed by atoms with E-state index in [1.54, 1.807) is 0 Å². The van der Waals surface area contributed by atoms with Gasteiger partial charge in [0.2, 0.25) is 0 Å². The first-order valence-electron chi connectivity index (χ1n) is 3.05. The molecule has 0 aliphatic rings. The van der Waals surface area contributed by atoms with Crippen molar-refractivity contribution in [3.8, 4) is 0 Å². The van der Waals surface area contributed by atoms with E-state index in [0.29, 0.717) is 0 Å². The van der Waals surface area contributed by atoms with Crippen LogP contribution in [0.4, 0.5) is 8.78 Å². The fourth-order valence-electron chi connectivity index (χ4n) is 0.335.